The van der Waals surface area contributed by atoms with Crippen molar-refractivity contribution >= 4 is 17.5 Å². The van der Waals surface area contributed by atoms with E-state index in [9.17, 15) is 9.18 Å². The van der Waals surface area contributed by atoms with Gasteiger partial charge in [-0.1, -0.05) is 41.4 Å². The Morgan fingerprint density at radius 1 is 1.27 bits per heavy atom. The number of nitrogens with one attached hydrogen (secondary N) is 1. The van der Waals surface area contributed by atoms with Gasteiger partial charge in [0.2, 0.25) is 5.91 Å². The van der Waals surface area contributed by atoms with Gasteiger partial charge in [0.15, 0.2) is 0 Å². The summed E-state index contributed by atoms with van der Waals surface area (Å²) in [6.07, 6.45) is -0.0687. The highest BCUT2D eigenvalue weighted by molar-refractivity contribution is 6.31. The summed E-state index contributed by atoms with van der Waals surface area (Å²) in [6.45, 7) is 5.93. The van der Waals surface area contributed by atoms with Gasteiger partial charge in [-0.3, -0.25) is 4.79 Å². The Hall–Kier alpha value is -1.87. The third kappa shape index (κ3) is 3.86. The molecule has 116 valence electrons. The number of hydrogen-bond acceptors (Lipinski definition) is 1. The van der Waals surface area contributed by atoms with Crippen molar-refractivity contribution < 1.29 is 9.18 Å². The van der Waals surface area contributed by atoms with Crippen LogP contribution in [0.5, 0.6) is 0 Å². The SMILES string of the molecule is Cc1ccc(C)c(C(C)NC(=O)Cc2c(F)cccc2Cl)c1. The molecule has 0 aliphatic carbocycles. The van der Waals surface area contributed by atoms with Crippen LogP contribution >= 0.6 is 11.6 Å². The highest BCUT2D eigenvalue weighted by Gasteiger charge is 2.15. The zero-order valence-corrected chi connectivity index (χ0v) is 13.7. The molecule has 0 aromatic heterocycles. The topological polar surface area (TPSA) is 29.1 Å². The first-order chi connectivity index (χ1) is 10.4. The van der Waals surface area contributed by atoms with Gasteiger partial charge in [0.05, 0.1) is 12.5 Å². The first-order valence-corrected chi connectivity index (χ1v) is 7.55. The van der Waals surface area contributed by atoms with Crippen molar-refractivity contribution in [2.24, 2.45) is 0 Å². The quantitative estimate of drug-likeness (QED) is 0.882. The smallest absolute Gasteiger partial charge is 0.225 e. The van der Waals surface area contributed by atoms with Crippen molar-refractivity contribution in [1.82, 2.24) is 5.32 Å². The largest absolute Gasteiger partial charge is 0.349 e. The van der Waals surface area contributed by atoms with Crippen LogP contribution in [-0.2, 0) is 11.2 Å². The molecular weight excluding hydrogens is 301 g/mol. The summed E-state index contributed by atoms with van der Waals surface area (Å²) in [5.74, 6) is -0.706. The summed E-state index contributed by atoms with van der Waals surface area (Å²) in [5.41, 5.74) is 3.55. The molecule has 2 aromatic rings. The summed E-state index contributed by atoms with van der Waals surface area (Å²) in [6, 6.07) is 10.4. The number of amides is 1. The van der Waals surface area contributed by atoms with Gasteiger partial charge in [-0.05, 0) is 44.0 Å². The summed E-state index contributed by atoms with van der Waals surface area (Å²) in [5, 5.41) is 3.18. The van der Waals surface area contributed by atoms with E-state index in [2.05, 4.69) is 11.4 Å². The van der Waals surface area contributed by atoms with Crippen molar-refractivity contribution in [3.63, 3.8) is 0 Å². The van der Waals surface area contributed by atoms with E-state index < -0.39 is 5.82 Å². The molecule has 0 saturated heterocycles. The zero-order chi connectivity index (χ0) is 16.3. The molecule has 0 fully saturated rings. The fourth-order valence-corrected chi connectivity index (χ4v) is 2.69. The number of benzene rings is 2. The molecule has 0 aliphatic rings. The van der Waals surface area contributed by atoms with E-state index in [1.165, 1.54) is 12.1 Å². The second-order valence-corrected chi connectivity index (χ2v) is 5.93. The number of hydrogen-bond donors (Lipinski definition) is 1. The highest BCUT2D eigenvalue weighted by Crippen LogP contribution is 2.21. The number of rotatable bonds is 4. The fraction of sp³-hybridized carbons (Fsp3) is 0.278. The Kier molecular flexibility index (Phi) is 5.19. The van der Waals surface area contributed by atoms with E-state index in [-0.39, 0.29) is 29.0 Å². The third-order valence-corrected chi connectivity index (χ3v) is 4.03. The van der Waals surface area contributed by atoms with Crippen LogP contribution in [0, 0.1) is 19.7 Å². The molecule has 0 bridgehead atoms. The number of halogens is 2. The van der Waals surface area contributed by atoms with Gasteiger partial charge in [0.1, 0.15) is 5.82 Å². The molecule has 22 heavy (non-hydrogen) atoms. The van der Waals surface area contributed by atoms with E-state index in [0.717, 1.165) is 16.7 Å². The molecule has 1 atom stereocenters. The molecule has 1 amide bonds. The molecule has 2 aromatic carbocycles. The van der Waals surface area contributed by atoms with Gasteiger partial charge in [0.25, 0.3) is 0 Å². The monoisotopic (exact) mass is 319 g/mol. The number of carbonyl (C=O) groups excluding carboxylic acids is 1. The summed E-state index contributed by atoms with van der Waals surface area (Å²) in [4.78, 5) is 12.2. The van der Waals surface area contributed by atoms with E-state index >= 15 is 0 Å². The van der Waals surface area contributed by atoms with Crippen LogP contribution in [0.3, 0.4) is 0 Å². The highest BCUT2D eigenvalue weighted by atomic mass is 35.5. The lowest BCUT2D eigenvalue weighted by atomic mass is 9.99. The molecule has 1 unspecified atom stereocenters. The Bertz CT molecular complexity index is 679. The molecule has 0 spiro atoms. The van der Waals surface area contributed by atoms with Gasteiger partial charge in [0, 0.05) is 10.6 Å². The molecule has 0 radical (unpaired) electrons. The standard InChI is InChI=1S/C18H19ClFNO/c1-11-7-8-12(2)14(9-11)13(3)21-18(22)10-15-16(19)5-4-6-17(15)20/h4-9,13H,10H2,1-3H3,(H,21,22). The van der Waals surface area contributed by atoms with E-state index in [1.807, 2.05) is 32.9 Å². The van der Waals surface area contributed by atoms with Crippen LogP contribution in [-0.4, -0.2) is 5.91 Å². The molecule has 2 nitrogen and oxygen atoms in total. The van der Waals surface area contributed by atoms with E-state index in [4.69, 9.17) is 11.6 Å². The Balaban J connectivity index is 2.10. The number of carbonyl (C=O) groups is 1. The molecule has 0 aliphatic heterocycles. The predicted molar refractivity (Wildman–Crippen MR) is 87.6 cm³/mol. The summed E-state index contributed by atoms with van der Waals surface area (Å²) < 4.78 is 13.7. The second kappa shape index (κ2) is 6.93. The van der Waals surface area contributed by atoms with Crippen molar-refractivity contribution in [3.05, 3.63) is 69.5 Å². The lowest BCUT2D eigenvalue weighted by molar-refractivity contribution is -0.121. The van der Waals surface area contributed by atoms with Crippen LogP contribution in [0.15, 0.2) is 36.4 Å². The van der Waals surface area contributed by atoms with Crippen molar-refractivity contribution in [2.75, 3.05) is 0 Å². The Morgan fingerprint density at radius 3 is 2.68 bits per heavy atom. The van der Waals surface area contributed by atoms with E-state index in [1.54, 1.807) is 6.07 Å². The van der Waals surface area contributed by atoms with Crippen LogP contribution < -0.4 is 5.32 Å². The summed E-state index contributed by atoms with van der Waals surface area (Å²) >= 11 is 5.95. The molecule has 0 heterocycles. The fourth-order valence-electron chi connectivity index (χ4n) is 2.46. The van der Waals surface area contributed by atoms with Gasteiger partial charge in [-0.2, -0.15) is 0 Å². The van der Waals surface area contributed by atoms with Crippen molar-refractivity contribution in [2.45, 2.75) is 33.2 Å². The first-order valence-electron chi connectivity index (χ1n) is 7.18. The van der Waals surface area contributed by atoms with Crippen LogP contribution in [0.4, 0.5) is 4.39 Å². The molecule has 1 N–H and O–H groups in total. The Morgan fingerprint density at radius 2 is 2.00 bits per heavy atom. The minimum atomic E-state index is -0.456. The minimum absolute atomic E-state index is 0.0687. The molecule has 4 heteroatoms. The van der Waals surface area contributed by atoms with Crippen molar-refractivity contribution in [3.8, 4) is 0 Å². The molecule has 2 rings (SSSR count). The van der Waals surface area contributed by atoms with Crippen molar-refractivity contribution in [1.29, 1.82) is 0 Å². The lowest BCUT2D eigenvalue weighted by Crippen LogP contribution is -2.29. The lowest BCUT2D eigenvalue weighted by Gasteiger charge is -2.17. The van der Waals surface area contributed by atoms with Crippen LogP contribution in [0.1, 0.15) is 35.2 Å². The van der Waals surface area contributed by atoms with Crippen LogP contribution in [0.25, 0.3) is 0 Å². The molecule has 0 saturated carbocycles. The first kappa shape index (κ1) is 16.5. The minimum Gasteiger partial charge on any atom is -0.349 e. The maximum atomic E-state index is 13.7. The van der Waals surface area contributed by atoms with Gasteiger partial charge in [-0.25, -0.2) is 4.39 Å². The average molecular weight is 320 g/mol. The predicted octanol–water partition coefficient (Wildman–Crippen LogP) is 4.52. The zero-order valence-electron chi connectivity index (χ0n) is 12.9. The normalized spacial score (nSPS) is 12.0. The van der Waals surface area contributed by atoms with E-state index in [0.29, 0.717) is 0 Å². The second-order valence-electron chi connectivity index (χ2n) is 5.53. The third-order valence-electron chi connectivity index (χ3n) is 3.68. The van der Waals surface area contributed by atoms with Crippen LogP contribution in [0.2, 0.25) is 5.02 Å². The maximum Gasteiger partial charge on any atom is 0.225 e. The van der Waals surface area contributed by atoms with Gasteiger partial charge >= 0.3 is 0 Å². The van der Waals surface area contributed by atoms with Gasteiger partial charge < -0.3 is 5.32 Å². The average Bonchev–Trinajstić information content (AvgIpc) is 2.45. The molecular formula is C18H19ClFNO. The number of aryl methyl sites for hydroxylation is 2. The maximum absolute atomic E-state index is 13.7. The summed E-state index contributed by atoms with van der Waals surface area (Å²) in [7, 11) is 0. The van der Waals surface area contributed by atoms with Gasteiger partial charge in [-0.15, -0.1) is 0 Å². The Labute approximate surface area is 135 Å².